The fourth-order valence-corrected chi connectivity index (χ4v) is 2.52. The fourth-order valence-electron chi connectivity index (χ4n) is 1.69. The highest BCUT2D eigenvalue weighted by Gasteiger charge is 2.10. The average Bonchev–Trinajstić information content (AvgIpc) is 2.94. The van der Waals surface area contributed by atoms with Gasteiger partial charge in [0, 0.05) is 30.6 Å². The average molecular weight is 340 g/mol. The molecule has 0 saturated heterocycles. The molecule has 3 N–H and O–H groups in total. The molecule has 0 aliphatic rings. The zero-order valence-corrected chi connectivity index (χ0v) is 13.0. The Morgan fingerprint density at radius 1 is 1.30 bits per heavy atom. The lowest BCUT2D eigenvalue weighted by Crippen LogP contribution is -2.37. The first kappa shape index (κ1) is 16.8. The van der Waals surface area contributed by atoms with Crippen molar-refractivity contribution in [3.05, 3.63) is 46.5 Å². The molecule has 0 spiro atoms. The van der Waals surface area contributed by atoms with Crippen molar-refractivity contribution in [3.63, 3.8) is 0 Å². The second-order valence-corrected chi connectivity index (χ2v) is 5.64. The molecule has 1 aromatic heterocycles. The fraction of sp³-hybridized carbons (Fsp3) is 0.214. The molecular weight excluding hydrogens is 326 g/mol. The Bertz CT molecular complexity index is 721. The van der Waals surface area contributed by atoms with Crippen molar-refractivity contribution in [2.24, 2.45) is 0 Å². The number of nitrogens with zero attached hydrogens (tertiary/aromatic N) is 1. The van der Waals surface area contributed by atoms with Crippen molar-refractivity contribution in [1.82, 2.24) is 15.6 Å². The summed E-state index contributed by atoms with van der Waals surface area (Å²) in [4.78, 5) is 27.3. The van der Waals surface area contributed by atoms with Gasteiger partial charge in [-0.3, -0.25) is 10.1 Å². The Balaban J connectivity index is 1.92. The number of nitrogens with one attached hydrogen (secondary N) is 3. The first-order valence-electron chi connectivity index (χ1n) is 6.62. The number of hydrogen-bond donors (Lipinski definition) is 3. The van der Waals surface area contributed by atoms with Crippen LogP contribution in [-0.2, 0) is 11.2 Å². The molecule has 0 unspecified atom stereocenters. The van der Waals surface area contributed by atoms with Crippen LogP contribution in [0, 0.1) is 11.6 Å². The second-order valence-electron chi connectivity index (χ2n) is 4.53. The Morgan fingerprint density at radius 3 is 2.78 bits per heavy atom. The number of rotatable bonds is 5. The number of carbonyl (C=O) groups excluding carboxylic acids is 2. The Labute approximate surface area is 134 Å². The van der Waals surface area contributed by atoms with Crippen LogP contribution in [0.3, 0.4) is 0 Å². The molecule has 0 saturated carbocycles. The molecule has 0 bridgehead atoms. The number of halogens is 2. The lowest BCUT2D eigenvalue weighted by atomic mass is 10.1. The topological polar surface area (TPSA) is 83.1 Å². The predicted octanol–water partition coefficient (Wildman–Crippen LogP) is 1.88. The third kappa shape index (κ3) is 4.99. The van der Waals surface area contributed by atoms with E-state index in [0.29, 0.717) is 15.6 Å². The van der Waals surface area contributed by atoms with E-state index in [1.165, 1.54) is 25.4 Å². The minimum atomic E-state index is -0.634. The van der Waals surface area contributed by atoms with Crippen LogP contribution in [0.2, 0.25) is 0 Å². The molecule has 2 rings (SSSR count). The van der Waals surface area contributed by atoms with E-state index in [9.17, 15) is 18.4 Å². The second kappa shape index (κ2) is 7.63. The predicted molar refractivity (Wildman–Crippen MR) is 82.4 cm³/mol. The number of hydrogen-bond acceptors (Lipinski definition) is 4. The number of thiazole rings is 1. The van der Waals surface area contributed by atoms with Crippen LogP contribution in [0.15, 0.2) is 24.4 Å². The van der Waals surface area contributed by atoms with Gasteiger partial charge in [0.15, 0.2) is 5.13 Å². The molecule has 23 heavy (non-hydrogen) atoms. The van der Waals surface area contributed by atoms with E-state index in [1.807, 2.05) is 0 Å². The summed E-state index contributed by atoms with van der Waals surface area (Å²) in [6.07, 6.45) is 1.74. The van der Waals surface area contributed by atoms with E-state index in [0.717, 1.165) is 17.4 Å². The molecule has 0 aliphatic carbocycles. The molecule has 1 heterocycles. The summed E-state index contributed by atoms with van der Waals surface area (Å²) in [6, 6.07) is 2.81. The van der Waals surface area contributed by atoms with Crippen LogP contribution in [0.4, 0.5) is 18.7 Å². The number of amides is 3. The first-order valence-corrected chi connectivity index (χ1v) is 7.43. The van der Waals surface area contributed by atoms with Crippen molar-refractivity contribution < 1.29 is 18.4 Å². The van der Waals surface area contributed by atoms with Crippen molar-refractivity contribution in [2.45, 2.75) is 6.42 Å². The molecule has 1 aromatic carbocycles. The van der Waals surface area contributed by atoms with Crippen LogP contribution >= 0.6 is 11.3 Å². The van der Waals surface area contributed by atoms with Gasteiger partial charge in [0.25, 0.3) is 0 Å². The summed E-state index contributed by atoms with van der Waals surface area (Å²) in [7, 11) is 1.46. The van der Waals surface area contributed by atoms with E-state index in [-0.39, 0.29) is 18.9 Å². The summed E-state index contributed by atoms with van der Waals surface area (Å²) < 4.78 is 26.4. The molecule has 0 radical (unpaired) electrons. The molecule has 0 aliphatic heterocycles. The monoisotopic (exact) mass is 340 g/mol. The Kier molecular flexibility index (Phi) is 5.58. The highest BCUT2D eigenvalue weighted by molar-refractivity contribution is 7.15. The largest absolute Gasteiger partial charge is 0.358 e. The molecule has 3 amide bonds. The number of benzene rings is 1. The lowest BCUT2D eigenvalue weighted by Gasteiger charge is -2.04. The van der Waals surface area contributed by atoms with Crippen molar-refractivity contribution in [2.75, 3.05) is 18.9 Å². The van der Waals surface area contributed by atoms with Gasteiger partial charge in [-0.25, -0.2) is 18.6 Å². The molecule has 0 fully saturated rings. The number of carbonyl (C=O) groups is 2. The smallest absolute Gasteiger partial charge is 0.321 e. The van der Waals surface area contributed by atoms with Gasteiger partial charge in [-0.1, -0.05) is 6.07 Å². The third-order valence-corrected chi connectivity index (χ3v) is 3.75. The van der Waals surface area contributed by atoms with Gasteiger partial charge in [0.1, 0.15) is 11.6 Å². The Morgan fingerprint density at radius 2 is 2.09 bits per heavy atom. The van der Waals surface area contributed by atoms with Crippen LogP contribution in [0.5, 0.6) is 0 Å². The zero-order chi connectivity index (χ0) is 16.8. The molecule has 122 valence electrons. The summed E-state index contributed by atoms with van der Waals surface area (Å²) in [6.45, 7) is -0.151. The van der Waals surface area contributed by atoms with Crippen molar-refractivity contribution in [3.8, 4) is 0 Å². The summed E-state index contributed by atoms with van der Waals surface area (Å²) in [5, 5.41) is 7.52. The SMILES string of the molecule is CNC(=O)CNC(=O)Nc1ncc(Cc2ccc(F)cc2F)s1. The highest BCUT2D eigenvalue weighted by Crippen LogP contribution is 2.22. The number of aromatic nitrogens is 1. The minimum Gasteiger partial charge on any atom is -0.358 e. The highest BCUT2D eigenvalue weighted by atomic mass is 32.1. The van der Waals surface area contributed by atoms with Crippen LogP contribution in [0.1, 0.15) is 10.4 Å². The van der Waals surface area contributed by atoms with Gasteiger partial charge >= 0.3 is 6.03 Å². The van der Waals surface area contributed by atoms with Crippen LogP contribution in [-0.4, -0.2) is 30.5 Å². The van der Waals surface area contributed by atoms with Gasteiger partial charge < -0.3 is 10.6 Å². The number of urea groups is 1. The molecule has 2 aromatic rings. The normalized spacial score (nSPS) is 10.2. The molecule has 0 atom stereocenters. The van der Waals surface area contributed by atoms with Crippen molar-refractivity contribution in [1.29, 1.82) is 0 Å². The first-order chi connectivity index (χ1) is 11.0. The van der Waals surface area contributed by atoms with Gasteiger partial charge in [0.05, 0.1) is 6.54 Å². The molecule has 6 nitrogen and oxygen atoms in total. The van der Waals surface area contributed by atoms with E-state index in [4.69, 9.17) is 0 Å². The molecular formula is C14H14F2N4O2S. The summed E-state index contributed by atoms with van der Waals surface area (Å²) in [5.41, 5.74) is 0.339. The number of likely N-dealkylation sites (N-methyl/N-ethyl adjacent to an activating group) is 1. The third-order valence-electron chi connectivity index (χ3n) is 2.84. The van der Waals surface area contributed by atoms with Gasteiger partial charge in [-0.15, -0.1) is 11.3 Å². The maximum Gasteiger partial charge on any atom is 0.321 e. The van der Waals surface area contributed by atoms with E-state index in [2.05, 4.69) is 20.9 Å². The molecule has 9 heteroatoms. The Hall–Kier alpha value is -2.55. The van der Waals surface area contributed by atoms with Crippen molar-refractivity contribution >= 4 is 28.4 Å². The van der Waals surface area contributed by atoms with E-state index >= 15 is 0 Å². The summed E-state index contributed by atoms with van der Waals surface area (Å²) >= 11 is 1.16. The lowest BCUT2D eigenvalue weighted by molar-refractivity contribution is -0.119. The quantitative estimate of drug-likeness (QED) is 0.777. The van der Waals surface area contributed by atoms with Gasteiger partial charge in [-0.2, -0.15) is 0 Å². The standard InChI is InChI=1S/C14H14F2N4O2S/c1-17-12(21)7-18-13(22)20-14-19-6-10(23-14)4-8-2-3-9(15)5-11(8)16/h2-3,5-6H,4,7H2,1H3,(H,17,21)(H2,18,19,20,22). The van der Waals surface area contributed by atoms with E-state index in [1.54, 1.807) is 0 Å². The zero-order valence-electron chi connectivity index (χ0n) is 12.2. The van der Waals surface area contributed by atoms with Crippen LogP contribution in [0.25, 0.3) is 0 Å². The van der Waals surface area contributed by atoms with E-state index < -0.39 is 17.7 Å². The minimum absolute atomic E-state index is 0.151. The van der Waals surface area contributed by atoms with Crippen LogP contribution < -0.4 is 16.0 Å². The van der Waals surface area contributed by atoms with Gasteiger partial charge in [0.2, 0.25) is 5.91 Å². The maximum atomic E-state index is 13.6. The summed E-state index contributed by atoms with van der Waals surface area (Å²) in [5.74, 6) is -1.59. The maximum absolute atomic E-state index is 13.6. The number of anilines is 1. The van der Waals surface area contributed by atoms with Gasteiger partial charge in [-0.05, 0) is 11.6 Å².